The molecular formula is C14H20N4O2. The molecule has 0 saturated heterocycles. The molecule has 20 heavy (non-hydrogen) atoms. The molecule has 3 aliphatic rings. The summed E-state index contributed by atoms with van der Waals surface area (Å²) in [5.74, 6) is 1.09. The molecule has 0 aromatic carbocycles. The summed E-state index contributed by atoms with van der Waals surface area (Å²) >= 11 is 0. The Morgan fingerprint density at radius 1 is 1.40 bits per heavy atom. The molecule has 0 amide bonds. The molecule has 6 nitrogen and oxygen atoms in total. The Hall–Kier alpha value is -1.79. The smallest absolute Gasteiger partial charge is 0.139 e. The van der Waals surface area contributed by atoms with Crippen molar-refractivity contribution in [2.75, 3.05) is 27.4 Å². The summed E-state index contributed by atoms with van der Waals surface area (Å²) < 4.78 is 5.51. The van der Waals surface area contributed by atoms with E-state index < -0.39 is 0 Å². The second-order valence-electron chi connectivity index (χ2n) is 4.88. The zero-order valence-electron chi connectivity index (χ0n) is 12.1. The van der Waals surface area contributed by atoms with Gasteiger partial charge in [-0.2, -0.15) is 0 Å². The molecule has 6 heteroatoms. The van der Waals surface area contributed by atoms with Gasteiger partial charge in [-0.15, -0.1) is 0 Å². The van der Waals surface area contributed by atoms with Gasteiger partial charge >= 0.3 is 0 Å². The molecule has 3 rings (SSSR count). The molecule has 3 aliphatic heterocycles. The van der Waals surface area contributed by atoms with Gasteiger partial charge in [0, 0.05) is 19.9 Å². The first-order valence-corrected chi connectivity index (χ1v) is 6.84. The third-order valence-electron chi connectivity index (χ3n) is 3.62. The van der Waals surface area contributed by atoms with E-state index in [1.807, 2.05) is 18.5 Å². The maximum absolute atomic E-state index is 5.51. The van der Waals surface area contributed by atoms with E-state index in [0.717, 1.165) is 30.2 Å². The SMILES string of the molecule is CCCN1C=CC(OC)C2=C1N1CN(OC)C=C1C=N2. The Balaban J connectivity index is 1.97. The van der Waals surface area contributed by atoms with Gasteiger partial charge in [0.05, 0.1) is 25.2 Å². The molecule has 1 atom stereocenters. The summed E-state index contributed by atoms with van der Waals surface area (Å²) in [6.07, 6.45) is 8.94. The van der Waals surface area contributed by atoms with E-state index in [1.165, 1.54) is 0 Å². The number of aliphatic imine (C=N–C) groups is 1. The number of methoxy groups -OCH3 is 1. The zero-order chi connectivity index (χ0) is 14.1. The first-order chi connectivity index (χ1) is 9.78. The normalized spacial score (nSPS) is 24.2. The van der Waals surface area contributed by atoms with Crippen molar-refractivity contribution < 1.29 is 9.57 Å². The highest BCUT2D eigenvalue weighted by atomic mass is 16.7. The highest BCUT2D eigenvalue weighted by molar-refractivity contribution is 5.81. The van der Waals surface area contributed by atoms with Crippen LogP contribution in [0.2, 0.25) is 0 Å². The van der Waals surface area contributed by atoms with Gasteiger partial charge in [0.2, 0.25) is 0 Å². The molecule has 3 heterocycles. The van der Waals surface area contributed by atoms with Gasteiger partial charge in [-0.25, -0.2) is 5.06 Å². The van der Waals surface area contributed by atoms with Crippen LogP contribution >= 0.6 is 0 Å². The largest absolute Gasteiger partial charge is 0.371 e. The molecular weight excluding hydrogens is 256 g/mol. The van der Waals surface area contributed by atoms with E-state index >= 15 is 0 Å². The van der Waals surface area contributed by atoms with Crippen LogP contribution in [0, 0.1) is 0 Å². The summed E-state index contributed by atoms with van der Waals surface area (Å²) in [6.45, 7) is 3.80. The van der Waals surface area contributed by atoms with Crippen molar-refractivity contribution in [2.45, 2.75) is 19.4 Å². The molecule has 1 unspecified atom stereocenters. The number of allylic oxidation sites excluding steroid dienone is 1. The van der Waals surface area contributed by atoms with Gasteiger partial charge in [-0.05, 0) is 12.5 Å². The highest BCUT2D eigenvalue weighted by Crippen LogP contribution is 2.34. The third-order valence-corrected chi connectivity index (χ3v) is 3.62. The molecule has 0 spiro atoms. The Morgan fingerprint density at radius 3 is 2.95 bits per heavy atom. The summed E-state index contributed by atoms with van der Waals surface area (Å²) in [5, 5.41) is 1.79. The van der Waals surface area contributed by atoms with Crippen LogP contribution in [0.3, 0.4) is 0 Å². The number of fused-ring (bicyclic) bond motifs is 2. The fourth-order valence-electron chi connectivity index (χ4n) is 2.67. The van der Waals surface area contributed by atoms with Crippen molar-refractivity contribution in [1.29, 1.82) is 0 Å². The van der Waals surface area contributed by atoms with Gasteiger partial charge in [-0.3, -0.25) is 9.83 Å². The van der Waals surface area contributed by atoms with Crippen molar-refractivity contribution in [3.8, 4) is 0 Å². The second-order valence-corrected chi connectivity index (χ2v) is 4.88. The van der Waals surface area contributed by atoms with E-state index in [1.54, 1.807) is 19.3 Å². The van der Waals surface area contributed by atoms with E-state index in [0.29, 0.717) is 6.67 Å². The van der Waals surface area contributed by atoms with E-state index in [9.17, 15) is 0 Å². The van der Waals surface area contributed by atoms with Gasteiger partial charge in [0.1, 0.15) is 24.3 Å². The lowest BCUT2D eigenvalue weighted by molar-refractivity contribution is -0.0969. The Bertz CT molecular complexity index is 509. The van der Waals surface area contributed by atoms with Crippen molar-refractivity contribution in [3.63, 3.8) is 0 Å². The van der Waals surface area contributed by atoms with Crippen molar-refractivity contribution >= 4 is 6.21 Å². The number of nitrogens with zero attached hydrogens (tertiary/aromatic N) is 4. The molecule has 0 aromatic rings. The van der Waals surface area contributed by atoms with Gasteiger partial charge < -0.3 is 14.5 Å². The van der Waals surface area contributed by atoms with E-state index in [2.05, 4.69) is 27.9 Å². The zero-order valence-corrected chi connectivity index (χ0v) is 12.1. The van der Waals surface area contributed by atoms with Crippen molar-refractivity contribution in [1.82, 2.24) is 14.9 Å². The average molecular weight is 276 g/mol. The molecule has 0 radical (unpaired) electrons. The summed E-state index contributed by atoms with van der Waals surface area (Å²) in [5.41, 5.74) is 2.00. The molecule has 0 N–H and O–H groups in total. The minimum atomic E-state index is -0.0903. The van der Waals surface area contributed by atoms with Crippen molar-refractivity contribution in [3.05, 3.63) is 35.7 Å². The predicted octanol–water partition coefficient (Wildman–Crippen LogP) is 1.47. The molecule has 108 valence electrons. The minimum absolute atomic E-state index is 0.0903. The van der Waals surface area contributed by atoms with Gasteiger partial charge in [-0.1, -0.05) is 6.92 Å². The lowest BCUT2D eigenvalue weighted by atomic mass is 10.1. The number of hydroxylamine groups is 2. The number of hydrogen-bond donors (Lipinski definition) is 0. The number of rotatable bonds is 4. The fourth-order valence-corrected chi connectivity index (χ4v) is 2.67. The van der Waals surface area contributed by atoms with Crippen LogP contribution in [0.25, 0.3) is 0 Å². The Kier molecular flexibility index (Phi) is 3.50. The van der Waals surface area contributed by atoms with Crippen LogP contribution in [0.4, 0.5) is 0 Å². The molecule has 0 aliphatic carbocycles. The molecule has 0 bridgehead atoms. The molecule has 0 saturated carbocycles. The quantitative estimate of drug-likeness (QED) is 0.777. The molecule has 0 aromatic heterocycles. The van der Waals surface area contributed by atoms with Crippen LogP contribution in [0.1, 0.15) is 13.3 Å². The fraction of sp³-hybridized carbons (Fsp3) is 0.500. The maximum atomic E-state index is 5.51. The monoisotopic (exact) mass is 276 g/mol. The first-order valence-electron chi connectivity index (χ1n) is 6.84. The average Bonchev–Trinajstić information content (AvgIpc) is 2.90. The second kappa shape index (κ2) is 5.30. The predicted molar refractivity (Wildman–Crippen MR) is 76.1 cm³/mol. The lowest BCUT2D eigenvalue weighted by Crippen LogP contribution is -2.40. The first kappa shape index (κ1) is 13.2. The summed E-state index contributed by atoms with van der Waals surface area (Å²) in [6, 6.07) is 0. The van der Waals surface area contributed by atoms with Crippen LogP contribution < -0.4 is 0 Å². The van der Waals surface area contributed by atoms with E-state index in [4.69, 9.17) is 9.57 Å². The maximum Gasteiger partial charge on any atom is 0.139 e. The number of ether oxygens (including phenoxy) is 1. The van der Waals surface area contributed by atoms with E-state index in [-0.39, 0.29) is 6.10 Å². The standard InChI is InChI=1S/C14H20N4O2/c1-4-6-16-7-5-12(19-2)13-14(16)18-10-17(20-3)9-11(18)8-15-13/h5,7-9,12H,4,6,10H2,1-3H3. The number of hydrogen-bond acceptors (Lipinski definition) is 6. The van der Waals surface area contributed by atoms with Gasteiger partial charge in [0.15, 0.2) is 0 Å². The topological polar surface area (TPSA) is 40.5 Å². The molecule has 0 fully saturated rings. The summed E-state index contributed by atoms with van der Waals surface area (Å²) in [7, 11) is 3.38. The highest BCUT2D eigenvalue weighted by Gasteiger charge is 2.35. The summed E-state index contributed by atoms with van der Waals surface area (Å²) in [4.78, 5) is 14.3. The van der Waals surface area contributed by atoms with Crippen LogP contribution in [0.15, 0.2) is 40.7 Å². The lowest BCUT2D eigenvalue weighted by Gasteiger charge is -2.38. The van der Waals surface area contributed by atoms with Gasteiger partial charge in [0.25, 0.3) is 0 Å². The Morgan fingerprint density at radius 2 is 2.25 bits per heavy atom. The minimum Gasteiger partial charge on any atom is -0.371 e. The third kappa shape index (κ3) is 2.01. The van der Waals surface area contributed by atoms with Crippen LogP contribution in [-0.4, -0.2) is 54.6 Å². The van der Waals surface area contributed by atoms with Crippen molar-refractivity contribution in [2.24, 2.45) is 4.99 Å². The van der Waals surface area contributed by atoms with Crippen LogP contribution in [-0.2, 0) is 9.57 Å². The van der Waals surface area contributed by atoms with Crippen LogP contribution in [0.5, 0.6) is 0 Å². The Labute approximate surface area is 119 Å².